The number of nitrogens with zero attached hydrogens (tertiary/aromatic N) is 1. The molecule has 1 unspecified atom stereocenters. The van der Waals surface area contributed by atoms with Crippen LogP contribution in [-0.2, 0) is 15.1 Å². The third-order valence-corrected chi connectivity index (χ3v) is 5.78. The van der Waals surface area contributed by atoms with Crippen molar-refractivity contribution >= 4 is 29.6 Å². The number of hydrogen-bond donors (Lipinski definition) is 3. The van der Waals surface area contributed by atoms with Crippen LogP contribution < -0.4 is 25.4 Å². The van der Waals surface area contributed by atoms with Crippen LogP contribution in [0.3, 0.4) is 0 Å². The Balaban J connectivity index is 1.43. The van der Waals surface area contributed by atoms with Crippen molar-refractivity contribution in [2.45, 2.75) is 32.7 Å². The normalized spacial score (nSPS) is 19.3. The summed E-state index contributed by atoms with van der Waals surface area (Å²) in [5.74, 6) is -0.365. The molecule has 0 saturated carbocycles. The van der Waals surface area contributed by atoms with Crippen molar-refractivity contribution in [3.63, 3.8) is 0 Å². The Bertz CT molecular complexity index is 1180. The van der Waals surface area contributed by atoms with Crippen molar-refractivity contribution in [1.82, 2.24) is 15.5 Å². The van der Waals surface area contributed by atoms with Gasteiger partial charge in [0.25, 0.3) is 5.91 Å². The predicted octanol–water partition coefficient (Wildman–Crippen LogP) is 2.58. The van der Waals surface area contributed by atoms with Crippen LogP contribution in [0.15, 0.2) is 36.4 Å². The quantitative estimate of drug-likeness (QED) is 0.595. The van der Waals surface area contributed by atoms with Gasteiger partial charge >= 0.3 is 12.1 Å². The van der Waals surface area contributed by atoms with Gasteiger partial charge in [-0.25, -0.2) is 9.59 Å². The zero-order valence-corrected chi connectivity index (χ0v) is 19.2. The molecule has 1 fully saturated rings. The lowest BCUT2D eigenvalue weighted by Gasteiger charge is -2.23. The molecule has 2 aliphatic rings. The molecule has 2 heterocycles. The zero-order valence-electron chi connectivity index (χ0n) is 19.2. The Labute approximate surface area is 196 Å². The summed E-state index contributed by atoms with van der Waals surface area (Å²) in [6, 6.07) is 8.98. The highest BCUT2D eigenvalue weighted by molar-refractivity contribution is 6.10. The lowest BCUT2D eigenvalue weighted by molar-refractivity contribution is -0.134. The van der Waals surface area contributed by atoms with Gasteiger partial charge in [0, 0.05) is 12.1 Å². The molecule has 10 heteroatoms. The van der Waals surface area contributed by atoms with Gasteiger partial charge in [0.05, 0.1) is 13.2 Å². The van der Waals surface area contributed by atoms with Gasteiger partial charge < -0.3 is 20.1 Å². The maximum absolute atomic E-state index is 13.2. The van der Waals surface area contributed by atoms with Crippen molar-refractivity contribution in [3.8, 4) is 11.5 Å². The molecule has 1 saturated heterocycles. The minimum Gasteiger partial charge on any atom is -0.490 e. The Morgan fingerprint density at radius 3 is 2.53 bits per heavy atom. The zero-order chi connectivity index (χ0) is 24.5. The summed E-state index contributed by atoms with van der Waals surface area (Å²) in [6.07, 6.45) is 0.733. The fraction of sp³-hybridized carbons (Fsp3) is 0.333. The van der Waals surface area contributed by atoms with Crippen LogP contribution in [-0.4, -0.2) is 48.5 Å². The van der Waals surface area contributed by atoms with Crippen molar-refractivity contribution in [1.29, 1.82) is 0 Å². The van der Waals surface area contributed by atoms with Crippen LogP contribution in [0.2, 0.25) is 0 Å². The van der Waals surface area contributed by atoms with Gasteiger partial charge in [0.1, 0.15) is 12.1 Å². The molecule has 34 heavy (non-hydrogen) atoms. The lowest BCUT2D eigenvalue weighted by atomic mass is 9.91. The number of hydrogen-bond acceptors (Lipinski definition) is 6. The molecule has 0 spiro atoms. The Morgan fingerprint density at radius 1 is 1.06 bits per heavy atom. The van der Waals surface area contributed by atoms with E-state index in [-0.39, 0.29) is 0 Å². The van der Waals surface area contributed by atoms with Crippen molar-refractivity contribution in [3.05, 3.63) is 53.1 Å². The first-order valence-corrected chi connectivity index (χ1v) is 10.9. The van der Waals surface area contributed by atoms with E-state index in [1.807, 2.05) is 26.0 Å². The van der Waals surface area contributed by atoms with E-state index >= 15 is 0 Å². The van der Waals surface area contributed by atoms with E-state index in [0.29, 0.717) is 36.0 Å². The summed E-state index contributed by atoms with van der Waals surface area (Å²) < 4.78 is 11.3. The first kappa shape index (κ1) is 23.1. The molecule has 178 valence electrons. The Hall–Kier alpha value is -4.08. The first-order valence-electron chi connectivity index (χ1n) is 10.9. The van der Waals surface area contributed by atoms with Gasteiger partial charge in [-0.05, 0) is 50.1 Å². The summed E-state index contributed by atoms with van der Waals surface area (Å²) in [7, 11) is 0. The molecule has 10 nitrogen and oxygen atoms in total. The van der Waals surface area contributed by atoms with E-state index in [9.17, 15) is 19.2 Å². The molecule has 0 aliphatic carbocycles. The average molecular weight is 466 g/mol. The number of urea groups is 2. The number of imide groups is 2. The van der Waals surface area contributed by atoms with Gasteiger partial charge in [-0.1, -0.05) is 23.8 Å². The molecule has 2 aliphatic heterocycles. The van der Waals surface area contributed by atoms with Gasteiger partial charge in [0.15, 0.2) is 11.5 Å². The first-order chi connectivity index (χ1) is 16.2. The van der Waals surface area contributed by atoms with E-state index in [1.54, 1.807) is 31.2 Å². The molecule has 3 N–H and O–H groups in total. The number of fused-ring (bicyclic) bond motifs is 1. The third kappa shape index (κ3) is 4.52. The number of rotatable bonds is 4. The van der Waals surface area contributed by atoms with Crippen LogP contribution >= 0.6 is 0 Å². The second-order valence-electron chi connectivity index (χ2n) is 8.48. The highest BCUT2D eigenvalue weighted by Gasteiger charge is 2.49. The molecule has 1 atom stereocenters. The van der Waals surface area contributed by atoms with E-state index in [1.165, 1.54) is 0 Å². The van der Waals surface area contributed by atoms with Crippen molar-refractivity contribution in [2.75, 3.05) is 25.1 Å². The number of aryl methyl sites for hydroxylation is 2. The molecule has 0 aromatic heterocycles. The van der Waals surface area contributed by atoms with E-state index < -0.39 is 36.0 Å². The SMILES string of the molecule is Cc1ccc(NC(=O)NC(=O)CN2C(=O)NC(C)(c3ccc4c(c3)OCCCO4)C2=O)c(C)c1. The van der Waals surface area contributed by atoms with Crippen molar-refractivity contribution in [2.24, 2.45) is 0 Å². The van der Waals surface area contributed by atoms with E-state index in [4.69, 9.17) is 9.47 Å². The number of nitrogens with one attached hydrogen (secondary N) is 3. The molecule has 0 bridgehead atoms. The molecule has 2 aromatic carbocycles. The van der Waals surface area contributed by atoms with Crippen LogP contribution in [0.4, 0.5) is 15.3 Å². The van der Waals surface area contributed by atoms with Crippen LogP contribution in [0.5, 0.6) is 11.5 Å². The summed E-state index contributed by atoms with van der Waals surface area (Å²) in [5, 5.41) is 7.39. The number of carbonyl (C=O) groups excluding carboxylic acids is 4. The number of amides is 6. The number of carbonyl (C=O) groups is 4. The molecule has 6 amide bonds. The minimum absolute atomic E-state index is 0.476. The minimum atomic E-state index is -1.40. The lowest BCUT2D eigenvalue weighted by Crippen LogP contribution is -2.45. The fourth-order valence-corrected chi connectivity index (χ4v) is 3.93. The highest BCUT2D eigenvalue weighted by atomic mass is 16.5. The Kier molecular flexibility index (Phi) is 6.14. The smallest absolute Gasteiger partial charge is 0.325 e. The van der Waals surface area contributed by atoms with Crippen LogP contribution in [0.25, 0.3) is 0 Å². The molecule has 2 aromatic rings. The van der Waals surface area contributed by atoms with Crippen LogP contribution in [0, 0.1) is 13.8 Å². The third-order valence-electron chi connectivity index (χ3n) is 5.78. The maximum atomic E-state index is 13.2. The van der Waals surface area contributed by atoms with Gasteiger partial charge in [-0.3, -0.25) is 19.8 Å². The number of ether oxygens (including phenoxy) is 2. The summed E-state index contributed by atoms with van der Waals surface area (Å²) in [6.45, 7) is 5.71. The topological polar surface area (TPSA) is 126 Å². The second kappa shape index (κ2) is 9.05. The highest BCUT2D eigenvalue weighted by Crippen LogP contribution is 2.36. The Morgan fingerprint density at radius 2 is 1.79 bits per heavy atom. The maximum Gasteiger partial charge on any atom is 0.325 e. The summed E-state index contributed by atoms with van der Waals surface area (Å²) >= 11 is 0. The van der Waals surface area contributed by atoms with Gasteiger partial charge in [0.2, 0.25) is 5.91 Å². The van der Waals surface area contributed by atoms with Gasteiger partial charge in [-0.15, -0.1) is 0 Å². The second-order valence-corrected chi connectivity index (χ2v) is 8.48. The fourth-order valence-electron chi connectivity index (χ4n) is 3.93. The average Bonchev–Trinajstić information content (AvgIpc) is 2.94. The van der Waals surface area contributed by atoms with Crippen molar-refractivity contribution < 1.29 is 28.7 Å². The molecule has 4 rings (SSSR count). The number of benzene rings is 2. The van der Waals surface area contributed by atoms with E-state index in [0.717, 1.165) is 22.4 Å². The summed E-state index contributed by atoms with van der Waals surface area (Å²) in [4.78, 5) is 51.2. The van der Waals surface area contributed by atoms with Gasteiger partial charge in [-0.2, -0.15) is 0 Å². The predicted molar refractivity (Wildman–Crippen MR) is 123 cm³/mol. The molecule has 0 radical (unpaired) electrons. The summed E-state index contributed by atoms with van der Waals surface area (Å²) in [5.41, 5.74) is 1.51. The van der Waals surface area contributed by atoms with Crippen LogP contribution in [0.1, 0.15) is 30.0 Å². The number of anilines is 1. The monoisotopic (exact) mass is 466 g/mol. The molecular formula is C24H26N4O6. The molecular weight excluding hydrogens is 440 g/mol. The largest absolute Gasteiger partial charge is 0.490 e. The standard InChI is InChI=1S/C24H26N4O6/c1-14-5-7-17(15(2)11-14)25-22(31)26-20(29)13-28-21(30)24(3,27-23(28)32)16-6-8-18-19(12-16)34-10-4-9-33-18/h5-8,11-12H,4,9-10,13H2,1-3H3,(H,27,32)(H2,25,26,29,31). The van der Waals surface area contributed by atoms with E-state index in [2.05, 4.69) is 16.0 Å².